The first kappa shape index (κ1) is 14.8. The summed E-state index contributed by atoms with van der Waals surface area (Å²) in [5.74, 6) is 1.07. The van der Waals surface area contributed by atoms with Gasteiger partial charge >= 0.3 is 0 Å². The number of rotatable bonds is 2. The first-order chi connectivity index (χ1) is 10.7. The molecule has 1 unspecified atom stereocenters. The van der Waals surface area contributed by atoms with Crippen LogP contribution in [0.15, 0.2) is 12.1 Å². The van der Waals surface area contributed by atoms with Gasteiger partial charge in [0, 0.05) is 31.9 Å². The quantitative estimate of drug-likeness (QED) is 0.839. The Labute approximate surface area is 131 Å². The molecule has 1 aromatic heterocycles. The summed E-state index contributed by atoms with van der Waals surface area (Å²) in [7, 11) is 0. The molecular weight excluding hydrogens is 276 g/mol. The molecule has 0 radical (unpaired) electrons. The van der Waals surface area contributed by atoms with Gasteiger partial charge in [0.05, 0.1) is 11.5 Å². The number of pyridine rings is 1. The van der Waals surface area contributed by atoms with Gasteiger partial charge < -0.3 is 9.80 Å². The fraction of sp³-hybridized carbons (Fsp3) is 0.588. The van der Waals surface area contributed by atoms with Crippen LogP contribution in [0.2, 0.25) is 0 Å². The molecule has 22 heavy (non-hydrogen) atoms. The maximum atomic E-state index is 12.6. The van der Waals surface area contributed by atoms with Crippen LogP contribution in [0.25, 0.3) is 0 Å². The Morgan fingerprint density at radius 1 is 1.27 bits per heavy atom. The lowest BCUT2D eigenvalue weighted by atomic mass is 9.96. The molecule has 2 saturated heterocycles. The van der Waals surface area contributed by atoms with Crippen LogP contribution in [-0.4, -0.2) is 42.0 Å². The molecule has 0 spiro atoms. The van der Waals surface area contributed by atoms with E-state index in [4.69, 9.17) is 0 Å². The summed E-state index contributed by atoms with van der Waals surface area (Å²) in [5.41, 5.74) is 1.50. The summed E-state index contributed by atoms with van der Waals surface area (Å²) < 4.78 is 0. The molecule has 1 atom stereocenters. The highest BCUT2D eigenvalue weighted by Gasteiger charge is 2.31. The van der Waals surface area contributed by atoms with Crippen LogP contribution < -0.4 is 4.90 Å². The number of likely N-dealkylation sites (tertiary alicyclic amines) is 1. The topological polar surface area (TPSA) is 60.2 Å². The number of nitriles is 1. The van der Waals surface area contributed by atoms with E-state index in [-0.39, 0.29) is 11.8 Å². The zero-order chi connectivity index (χ0) is 15.5. The Kier molecular flexibility index (Phi) is 4.28. The van der Waals surface area contributed by atoms with E-state index in [1.54, 1.807) is 0 Å². The van der Waals surface area contributed by atoms with E-state index in [0.717, 1.165) is 56.8 Å². The second kappa shape index (κ2) is 6.35. The Morgan fingerprint density at radius 3 is 2.77 bits per heavy atom. The minimum atomic E-state index is 0.0423. The second-order valence-corrected chi connectivity index (χ2v) is 6.25. The third kappa shape index (κ3) is 2.92. The SMILES string of the molecule is Cc1ccc(C#N)c(N2CCCC(C(=O)N3CCCC3)C2)n1. The van der Waals surface area contributed by atoms with Crippen LogP contribution >= 0.6 is 0 Å². The second-order valence-electron chi connectivity index (χ2n) is 6.25. The zero-order valence-corrected chi connectivity index (χ0v) is 13.1. The van der Waals surface area contributed by atoms with Crippen LogP contribution in [0.1, 0.15) is 36.9 Å². The van der Waals surface area contributed by atoms with Crippen molar-refractivity contribution in [3.8, 4) is 6.07 Å². The third-order valence-corrected chi connectivity index (χ3v) is 4.62. The summed E-state index contributed by atoms with van der Waals surface area (Å²) in [5, 5.41) is 9.30. The maximum absolute atomic E-state index is 12.6. The minimum absolute atomic E-state index is 0.0423. The minimum Gasteiger partial charge on any atom is -0.355 e. The molecule has 2 aliphatic heterocycles. The molecule has 2 fully saturated rings. The van der Waals surface area contributed by atoms with E-state index in [9.17, 15) is 10.1 Å². The van der Waals surface area contributed by atoms with Crippen molar-refractivity contribution in [2.24, 2.45) is 5.92 Å². The Morgan fingerprint density at radius 2 is 2.05 bits per heavy atom. The number of nitrogens with zero attached hydrogens (tertiary/aromatic N) is 4. The number of hydrogen-bond donors (Lipinski definition) is 0. The molecule has 5 heteroatoms. The predicted octanol–water partition coefficient (Wildman–Crippen LogP) is 2.10. The molecule has 3 rings (SSSR count). The average Bonchev–Trinajstić information content (AvgIpc) is 3.08. The first-order valence-corrected chi connectivity index (χ1v) is 8.10. The Balaban J connectivity index is 1.77. The largest absolute Gasteiger partial charge is 0.355 e. The lowest BCUT2D eigenvalue weighted by Crippen LogP contribution is -2.44. The van der Waals surface area contributed by atoms with Gasteiger partial charge in [0.1, 0.15) is 11.9 Å². The van der Waals surface area contributed by atoms with Crippen molar-refractivity contribution in [2.75, 3.05) is 31.1 Å². The number of amides is 1. The van der Waals surface area contributed by atoms with Gasteiger partial charge in [0.2, 0.25) is 5.91 Å². The number of aromatic nitrogens is 1. The number of piperidine rings is 1. The monoisotopic (exact) mass is 298 g/mol. The van der Waals surface area contributed by atoms with Crippen molar-refractivity contribution >= 4 is 11.7 Å². The highest BCUT2D eigenvalue weighted by Crippen LogP contribution is 2.26. The molecule has 2 aliphatic rings. The van der Waals surface area contributed by atoms with Crippen molar-refractivity contribution in [3.05, 3.63) is 23.4 Å². The van der Waals surface area contributed by atoms with Crippen molar-refractivity contribution in [1.29, 1.82) is 5.26 Å². The normalized spacial score (nSPS) is 21.7. The van der Waals surface area contributed by atoms with Gasteiger partial charge in [-0.3, -0.25) is 4.79 Å². The standard InChI is InChI=1S/C17H22N4O/c1-13-6-7-14(11-18)16(19-13)21-10-4-5-15(12-21)17(22)20-8-2-3-9-20/h6-7,15H,2-5,8-10,12H2,1H3. The third-order valence-electron chi connectivity index (χ3n) is 4.62. The molecule has 0 aromatic carbocycles. The Bertz CT molecular complexity index is 601. The molecule has 0 N–H and O–H groups in total. The highest BCUT2D eigenvalue weighted by molar-refractivity contribution is 5.80. The van der Waals surface area contributed by atoms with Gasteiger partial charge in [-0.15, -0.1) is 0 Å². The van der Waals surface area contributed by atoms with E-state index in [0.29, 0.717) is 12.1 Å². The Hall–Kier alpha value is -2.09. The summed E-state index contributed by atoms with van der Waals surface area (Å²) in [6, 6.07) is 5.90. The summed E-state index contributed by atoms with van der Waals surface area (Å²) >= 11 is 0. The molecule has 0 aliphatic carbocycles. The van der Waals surface area contributed by atoms with Crippen LogP contribution in [-0.2, 0) is 4.79 Å². The fourth-order valence-corrected chi connectivity index (χ4v) is 3.44. The molecule has 5 nitrogen and oxygen atoms in total. The average molecular weight is 298 g/mol. The van der Waals surface area contributed by atoms with Crippen LogP contribution in [0.4, 0.5) is 5.82 Å². The van der Waals surface area contributed by atoms with E-state index >= 15 is 0 Å². The van der Waals surface area contributed by atoms with Crippen molar-refractivity contribution in [1.82, 2.24) is 9.88 Å². The van der Waals surface area contributed by atoms with Crippen molar-refractivity contribution in [3.63, 3.8) is 0 Å². The molecule has 1 aromatic rings. The molecular formula is C17H22N4O. The van der Waals surface area contributed by atoms with Gasteiger partial charge in [0.15, 0.2) is 0 Å². The molecule has 116 valence electrons. The van der Waals surface area contributed by atoms with Crippen LogP contribution in [0.3, 0.4) is 0 Å². The van der Waals surface area contributed by atoms with Crippen LogP contribution in [0, 0.1) is 24.2 Å². The summed E-state index contributed by atoms with van der Waals surface area (Å²) in [6.45, 7) is 5.29. The first-order valence-electron chi connectivity index (χ1n) is 8.10. The van der Waals surface area contributed by atoms with E-state index in [1.165, 1.54) is 0 Å². The number of hydrogen-bond acceptors (Lipinski definition) is 4. The van der Waals surface area contributed by atoms with E-state index in [1.807, 2.05) is 24.0 Å². The number of carbonyl (C=O) groups excluding carboxylic acids is 1. The zero-order valence-electron chi connectivity index (χ0n) is 13.1. The molecule has 0 bridgehead atoms. The highest BCUT2D eigenvalue weighted by atomic mass is 16.2. The summed E-state index contributed by atoms with van der Waals surface area (Å²) in [6.07, 6.45) is 4.17. The number of aryl methyl sites for hydroxylation is 1. The van der Waals surface area contributed by atoms with Gasteiger partial charge in [0.25, 0.3) is 0 Å². The van der Waals surface area contributed by atoms with Crippen LogP contribution in [0.5, 0.6) is 0 Å². The van der Waals surface area contributed by atoms with Gasteiger partial charge in [-0.25, -0.2) is 4.98 Å². The number of carbonyl (C=O) groups is 1. The maximum Gasteiger partial charge on any atom is 0.227 e. The smallest absolute Gasteiger partial charge is 0.227 e. The van der Waals surface area contributed by atoms with Gasteiger partial charge in [-0.05, 0) is 44.7 Å². The number of anilines is 1. The van der Waals surface area contributed by atoms with Gasteiger partial charge in [-0.2, -0.15) is 5.26 Å². The van der Waals surface area contributed by atoms with E-state index in [2.05, 4.69) is 16.0 Å². The molecule has 0 saturated carbocycles. The fourth-order valence-electron chi connectivity index (χ4n) is 3.44. The summed E-state index contributed by atoms with van der Waals surface area (Å²) in [4.78, 5) is 21.3. The predicted molar refractivity (Wildman–Crippen MR) is 84.4 cm³/mol. The van der Waals surface area contributed by atoms with Gasteiger partial charge in [-0.1, -0.05) is 0 Å². The van der Waals surface area contributed by atoms with Crippen molar-refractivity contribution < 1.29 is 4.79 Å². The van der Waals surface area contributed by atoms with E-state index < -0.39 is 0 Å². The lowest BCUT2D eigenvalue weighted by molar-refractivity contribution is -0.134. The van der Waals surface area contributed by atoms with Crippen molar-refractivity contribution in [2.45, 2.75) is 32.6 Å². The molecule has 3 heterocycles. The lowest BCUT2D eigenvalue weighted by Gasteiger charge is -2.35. The molecule has 1 amide bonds.